The van der Waals surface area contributed by atoms with Crippen molar-refractivity contribution in [3.63, 3.8) is 0 Å². The Morgan fingerprint density at radius 2 is 1.72 bits per heavy atom. The number of amides is 2. The summed E-state index contributed by atoms with van der Waals surface area (Å²) < 4.78 is 0.828. The Labute approximate surface area is 174 Å². The summed E-state index contributed by atoms with van der Waals surface area (Å²) in [6, 6.07) is 15.6. The number of aromatic nitrogens is 1. The van der Waals surface area contributed by atoms with E-state index in [1.807, 2.05) is 5.38 Å². The average molecular weight is 422 g/mol. The van der Waals surface area contributed by atoms with Crippen LogP contribution in [-0.2, 0) is 4.79 Å². The Balaban J connectivity index is 1.60. The second-order valence-electron chi connectivity index (χ2n) is 6.19. The van der Waals surface area contributed by atoms with Crippen LogP contribution in [0.1, 0.15) is 32.5 Å². The van der Waals surface area contributed by atoms with E-state index in [1.165, 1.54) is 29.6 Å². The number of thiazole rings is 1. The largest absolute Gasteiger partial charge is 0.326 e. The highest BCUT2D eigenvalue weighted by molar-refractivity contribution is 7.22. The number of hydrogen-bond donors (Lipinski definition) is 2. The van der Waals surface area contributed by atoms with Gasteiger partial charge in [0.15, 0.2) is 5.13 Å². The summed E-state index contributed by atoms with van der Waals surface area (Å²) in [5.41, 5.74) is 2.02. The maximum Gasteiger partial charge on any atom is 0.258 e. The average Bonchev–Trinajstić information content (AvgIpc) is 3.36. The van der Waals surface area contributed by atoms with Crippen molar-refractivity contribution in [1.29, 1.82) is 0 Å². The quantitative estimate of drug-likeness (QED) is 0.453. The van der Waals surface area contributed by atoms with Crippen molar-refractivity contribution in [2.45, 2.75) is 6.92 Å². The summed E-state index contributed by atoms with van der Waals surface area (Å²) >= 11 is 2.63. The minimum absolute atomic E-state index is 0.158. The normalized spacial score (nSPS) is 10.7. The van der Waals surface area contributed by atoms with Gasteiger partial charge >= 0.3 is 0 Å². The number of benzene rings is 2. The van der Waals surface area contributed by atoms with Gasteiger partial charge in [0, 0.05) is 18.2 Å². The number of fused-ring (bicyclic) bond motifs is 1. The molecule has 0 aliphatic heterocycles. The van der Waals surface area contributed by atoms with Crippen molar-refractivity contribution in [2.75, 3.05) is 10.6 Å². The predicted molar refractivity (Wildman–Crippen MR) is 116 cm³/mol. The van der Waals surface area contributed by atoms with Crippen molar-refractivity contribution >= 4 is 61.3 Å². The number of thiophene rings is 1. The minimum Gasteiger partial charge on any atom is -0.326 e. The molecule has 2 heterocycles. The van der Waals surface area contributed by atoms with Gasteiger partial charge in [-0.05, 0) is 35.7 Å². The summed E-state index contributed by atoms with van der Waals surface area (Å²) in [6.07, 6.45) is 0. The lowest BCUT2D eigenvalue weighted by Crippen LogP contribution is -2.16. The maximum absolute atomic E-state index is 12.8. The number of ketones is 1. The second kappa shape index (κ2) is 7.94. The lowest BCUT2D eigenvalue weighted by atomic mass is 10.0. The molecule has 2 aromatic heterocycles. The summed E-state index contributed by atoms with van der Waals surface area (Å²) in [6.45, 7) is 1.44. The van der Waals surface area contributed by atoms with E-state index in [0.29, 0.717) is 32.3 Å². The number of carbonyl (C=O) groups excluding carboxylic acids is 3. The lowest BCUT2D eigenvalue weighted by molar-refractivity contribution is -0.114. The highest BCUT2D eigenvalue weighted by atomic mass is 32.1. The zero-order chi connectivity index (χ0) is 20.4. The molecule has 0 fully saturated rings. The molecule has 2 aromatic carbocycles. The molecule has 2 amide bonds. The molecule has 0 spiro atoms. The topological polar surface area (TPSA) is 88.2 Å². The first-order valence-electron chi connectivity index (χ1n) is 8.68. The summed E-state index contributed by atoms with van der Waals surface area (Å²) in [5, 5.41) is 7.75. The predicted octanol–water partition coefficient (Wildman–Crippen LogP) is 4.80. The molecule has 0 radical (unpaired) electrons. The number of nitrogens with one attached hydrogen (secondary N) is 2. The molecule has 4 rings (SSSR count). The van der Waals surface area contributed by atoms with Crippen LogP contribution in [0, 0.1) is 0 Å². The van der Waals surface area contributed by atoms with Gasteiger partial charge in [0.25, 0.3) is 5.91 Å². The summed E-state index contributed by atoms with van der Waals surface area (Å²) in [5.74, 6) is -0.740. The molecule has 29 heavy (non-hydrogen) atoms. The van der Waals surface area contributed by atoms with Gasteiger partial charge in [-0.3, -0.25) is 19.7 Å². The molecule has 0 saturated heterocycles. The molecule has 2 N–H and O–H groups in total. The van der Waals surface area contributed by atoms with Crippen LogP contribution >= 0.6 is 22.7 Å². The van der Waals surface area contributed by atoms with Gasteiger partial charge in [-0.15, -0.1) is 11.3 Å². The van der Waals surface area contributed by atoms with E-state index in [0.717, 1.165) is 4.70 Å². The zero-order valence-corrected chi connectivity index (χ0v) is 16.9. The van der Waals surface area contributed by atoms with Gasteiger partial charge in [-0.25, -0.2) is 4.98 Å². The van der Waals surface area contributed by atoms with E-state index in [1.54, 1.807) is 54.6 Å². The van der Waals surface area contributed by atoms with Gasteiger partial charge in [0.05, 0.1) is 20.7 Å². The Bertz CT molecular complexity index is 1230. The number of carbonyl (C=O) groups is 3. The van der Waals surface area contributed by atoms with Crippen molar-refractivity contribution < 1.29 is 14.4 Å². The Morgan fingerprint density at radius 1 is 0.931 bits per heavy atom. The fourth-order valence-corrected chi connectivity index (χ4v) is 4.42. The molecule has 4 aromatic rings. The molecule has 6 nitrogen and oxygen atoms in total. The van der Waals surface area contributed by atoms with Crippen molar-refractivity contribution in [2.24, 2.45) is 0 Å². The summed E-state index contributed by atoms with van der Waals surface area (Å²) in [4.78, 5) is 41.8. The molecular weight excluding hydrogens is 406 g/mol. The van der Waals surface area contributed by atoms with Gasteiger partial charge in [-0.2, -0.15) is 0 Å². The van der Waals surface area contributed by atoms with Crippen molar-refractivity contribution in [3.8, 4) is 0 Å². The number of nitrogens with zero attached hydrogens (tertiary/aromatic N) is 1. The molecule has 0 aliphatic rings. The monoisotopic (exact) mass is 421 g/mol. The smallest absolute Gasteiger partial charge is 0.258 e. The molecule has 0 saturated carbocycles. The third-order valence-corrected chi connectivity index (χ3v) is 5.89. The Kier molecular flexibility index (Phi) is 5.20. The first kappa shape index (κ1) is 19.0. The molecule has 0 atom stereocenters. The van der Waals surface area contributed by atoms with Crippen LogP contribution in [0.3, 0.4) is 0 Å². The van der Waals surface area contributed by atoms with Crippen molar-refractivity contribution in [3.05, 3.63) is 76.0 Å². The highest BCUT2D eigenvalue weighted by Gasteiger charge is 2.19. The molecular formula is C21H15N3O3S2. The zero-order valence-electron chi connectivity index (χ0n) is 15.3. The highest BCUT2D eigenvalue weighted by Crippen LogP contribution is 2.29. The van der Waals surface area contributed by atoms with Crippen LogP contribution in [0.4, 0.5) is 10.8 Å². The van der Waals surface area contributed by atoms with E-state index in [-0.39, 0.29) is 11.7 Å². The van der Waals surface area contributed by atoms with Gasteiger partial charge in [0.2, 0.25) is 11.7 Å². The van der Waals surface area contributed by atoms with Crippen LogP contribution in [0.5, 0.6) is 0 Å². The molecule has 0 unspecified atom stereocenters. The van der Waals surface area contributed by atoms with E-state index < -0.39 is 5.91 Å². The third kappa shape index (κ3) is 4.08. The van der Waals surface area contributed by atoms with E-state index in [2.05, 4.69) is 15.6 Å². The van der Waals surface area contributed by atoms with E-state index in [4.69, 9.17) is 0 Å². The van der Waals surface area contributed by atoms with E-state index in [9.17, 15) is 14.4 Å². The number of anilines is 2. The molecule has 0 aliphatic carbocycles. The standard InChI is InChI=1S/C21H15N3O3S2/c1-12(25)22-13-8-9-16-18(11-13)29-21(23-16)24-20(27)15-6-3-2-5-14(15)19(26)17-7-4-10-28-17/h2-11H,1H3,(H,22,25)(H,23,24,27). The second-order valence-corrected chi connectivity index (χ2v) is 8.17. The van der Waals surface area contributed by atoms with Crippen LogP contribution in [0.2, 0.25) is 0 Å². The Hall–Kier alpha value is -3.36. The molecule has 0 bridgehead atoms. The third-order valence-electron chi connectivity index (χ3n) is 4.09. The number of hydrogen-bond acceptors (Lipinski definition) is 6. The fraction of sp³-hybridized carbons (Fsp3) is 0.0476. The maximum atomic E-state index is 12.8. The first-order chi connectivity index (χ1) is 14.0. The van der Waals surface area contributed by atoms with Crippen LogP contribution < -0.4 is 10.6 Å². The van der Waals surface area contributed by atoms with Crippen LogP contribution in [0.25, 0.3) is 10.2 Å². The minimum atomic E-state index is -0.397. The lowest BCUT2D eigenvalue weighted by Gasteiger charge is -2.07. The SMILES string of the molecule is CC(=O)Nc1ccc2nc(NC(=O)c3ccccc3C(=O)c3cccs3)sc2c1. The van der Waals surface area contributed by atoms with Gasteiger partial charge in [0.1, 0.15) is 0 Å². The number of rotatable bonds is 5. The van der Waals surface area contributed by atoms with Crippen molar-refractivity contribution in [1.82, 2.24) is 4.98 Å². The first-order valence-corrected chi connectivity index (χ1v) is 10.4. The molecule has 8 heteroatoms. The van der Waals surface area contributed by atoms with Gasteiger partial charge < -0.3 is 5.32 Å². The van der Waals surface area contributed by atoms with Crippen LogP contribution in [-0.4, -0.2) is 22.6 Å². The molecule has 144 valence electrons. The Morgan fingerprint density at radius 3 is 2.45 bits per heavy atom. The summed E-state index contributed by atoms with van der Waals surface area (Å²) in [7, 11) is 0. The van der Waals surface area contributed by atoms with E-state index >= 15 is 0 Å². The van der Waals surface area contributed by atoms with Gasteiger partial charge in [-0.1, -0.05) is 35.6 Å². The van der Waals surface area contributed by atoms with Crippen LogP contribution in [0.15, 0.2) is 60.0 Å². The fourth-order valence-electron chi connectivity index (χ4n) is 2.84.